The Morgan fingerprint density at radius 2 is 2.00 bits per heavy atom. The highest BCUT2D eigenvalue weighted by molar-refractivity contribution is 6.33. The van der Waals surface area contributed by atoms with Crippen LogP contribution in [0, 0.1) is 0 Å². The summed E-state index contributed by atoms with van der Waals surface area (Å²) in [4.78, 5) is 15.3. The fraction of sp³-hybridized carbons (Fsp3) is 0.0588. The Bertz CT molecular complexity index is 813. The molecule has 5 heteroatoms. The zero-order chi connectivity index (χ0) is 15.5. The number of halogens is 1. The fourth-order valence-corrected chi connectivity index (χ4v) is 2.62. The largest absolute Gasteiger partial charge is 0.444 e. The van der Waals surface area contributed by atoms with E-state index in [4.69, 9.17) is 21.8 Å². The Morgan fingerprint density at radius 3 is 2.68 bits per heavy atom. The van der Waals surface area contributed by atoms with E-state index in [1.54, 1.807) is 6.20 Å². The van der Waals surface area contributed by atoms with E-state index in [9.17, 15) is 4.79 Å². The van der Waals surface area contributed by atoms with Gasteiger partial charge in [-0.2, -0.15) is 0 Å². The molecule has 1 aromatic heterocycles. The minimum absolute atomic E-state index is 0.190. The highest BCUT2D eigenvalue weighted by atomic mass is 35.5. The number of benzene rings is 2. The van der Waals surface area contributed by atoms with Gasteiger partial charge >= 0.3 is 0 Å². The van der Waals surface area contributed by atoms with Gasteiger partial charge in [-0.25, -0.2) is 4.98 Å². The third-order valence-corrected chi connectivity index (χ3v) is 3.64. The van der Waals surface area contributed by atoms with Crippen molar-refractivity contribution in [2.24, 2.45) is 5.73 Å². The van der Waals surface area contributed by atoms with Gasteiger partial charge in [0, 0.05) is 0 Å². The Balaban J connectivity index is 2.03. The third kappa shape index (κ3) is 2.87. The van der Waals surface area contributed by atoms with Crippen LogP contribution in [0.1, 0.15) is 5.56 Å². The van der Waals surface area contributed by atoms with Crippen molar-refractivity contribution in [3.8, 4) is 22.6 Å². The van der Waals surface area contributed by atoms with Crippen LogP contribution >= 0.6 is 11.6 Å². The maximum Gasteiger partial charge on any atom is 0.227 e. The van der Waals surface area contributed by atoms with E-state index >= 15 is 0 Å². The Labute approximate surface area is 132 Å². The number of hydrogen-bond acceptors (Lipinski definition) is 3. The molecule has 0 fully saturated rings. The predicted octanol–water partition coefficient (Wildman–Crippen LogP) is 3.69. The molecule has 0 unspecified atom stereocenters. The Hall–Kier alpha value is -2.59. The molecule has 3 aromatic rings. The lowest BCUT2D eigenvalue weighted by atomic mass is 9.96. The van der Waals surface area contributed by atoms with Crippen LogP contribution in [-0.2, 0) is 11.2 Å². The number of primary amides is 1. The van der Waals surface area contributed by atoms with Gasteiger partial charge in [0.2, 0.25) is 11.8 Å². The maximum atomic E-state index is 11.2. The summed E-state index contributed by atoms with van der Waals surface area (Å²) in [6.07, 6.45) is 3.26. The number of carbonyl (C=O) groups is 1. The second kappa shape index (κ2) is 6.03. The number of carbonyl (C=O) groups excluding carboxylic acids is 1. The molecule has 0 radical (unpaired) electrons. The van der Waals surface area contributed by atoms with Crippen molar-refractivity contribution in [1.82, 2.24) is 4.98 Å². The number of oxazole rings is 1. The van der Waals surface area contributed by atoms with Gasteiger partial charge in [0.25, 0.3) is 0 Å². The van der Waals surface area contributed by atoms with Gasteiger partial charge < -0.3 is 10.2 Å². The third-order valence-electron chi connectivity index (χ3n) is 3.32. The van der Waals surface area contributed by atoms with Crippen LogP contribution < -0.4 is 5.73 Å². The van der Waals surface area contributed by atoms with E-state index in [0.717, 1.165) is 22.3 Å². The van der Waals surface area contributed by atoms with Crippen LogP contribution in [0.3, 0.4) is 0 Å². The minimum atomic E-state index is -0.366. The SMILES string of the molecule is NC(=O)Cc1ccccc1-c1ccc(-c2ncco2)c(Cl)c1. The average molecular weight is 313 g/mol. The molecule has 22 heavy (non-hydrogen) atoms. The van der Waals surface area contributed by atoms with Crippen LogP contribution in [0.15, 0.2) is 59.3 Å². The van der Waals surface area contributed by atoms with Gasteiger partial charge in [0.05, 0.1) is 23.2 Å². The average Bonchev–Trinajstić information content (AvgIpc) is 3.01. The molecule has 0 aliphatic carbocycles. The van der Waals surface area contributed by atoms with Gasteiger partial charge in [-0.15, -0.1) is 0 Å². The number of nitrogens with two attached hydrogens (primary N) is 1. The van der Waals surface area contributed by atoms with Gasteiger partial charge in [0.1, 0.15) is 6.26 Å². The van der Waals surface area contributed by atoms with Crippen LogP contribution in [-0.4, -0.2) is 10.9 Å². The summed E-state index contributed by atoms with van der Waals surface area (Å²) >= 11 is 6.34. The topological polar surface area (TPSA) is 69.1 Å². The zero-order valence-electron chi connectivity index (χ0n) is 11.6. The summed E-state index contributed by atoms with van der Waals surface area (Å²) < 4.78 is 5.27. The fourth-order valence-electron chi connectivity index (χ4n) is 2.36. The Kier molecular flexibility index (Phi) is 3.94. The first kappa shape index (κ1) is 14.4. The standard InChI is InChI=1S/C17H13ClN2O2/c18-15-9-12(5-6-14(15)17-20-7-8-22-17)13-4-2-1-3-11(13)10-16(19)21/h1-9H,10H2,(H2,19,21). The van der Waals surface area contributed by atoms with Crippen LogP contribution in [0.5, 0.6) is 0 Å². The normalized spacial score (nSPS) is 10.6. The molecular weight excluding hydrogens is 300 g/mol. The minimum Gasteiger partial charge on any atom is -0.444 e. The first-order valence-electron chi connectivity index (χ1n) is 6.71. The molecule has 1 heterocycles. The molecule has 1 amide bonds. The summed E-state index contributed by atoms with van der Waals surface area (Å²) in [5, 5.41) is 0.536. The highest BCUT2D eigenvalue weighted by Gasteiger charge is 2.12. The number of rotatable bonds is 4. The second-order valence-electron chi connectivity index (χ2n) is 4.83. The van der Waals surface area contributed by atoms with Crippen LogP contribution in [0.4, 0.5) is 0 Å². The molecule has 2 N–H and O–H groups in total. The van der Waals surface area contributed by atoms with Crippen molar-refractivity contribution in [1.29, 1.82) is 0 Å². The molecule has 0 atom stereocenters. The molecule has 0 spiro atoms. The summed E-state index contributed by atoms with van der Waals surface area (Å²) in [6, 6.07) is 13.2. The summed E-state index contributed by atoms with van der Waals surface area (Å²) in [5.41, 5.74) is 8.75. The smallest absolute Gasteiger partial charge is 0.227 e. The van der Waals surface area contributed by atoms with Crippen molar-refractivity contribution >= 4 is 17.5 Å². The predicted molar refractivity (Wildman–Crippen MR) is 85.3 cm³/mol. The van der Waals surface area contributed by atoms with E-state index in [0.29, 0.717) is 10.9 Å². The number of nitrogens with zero attached hydrogens (tertiary/aromatic N) is 1. The van der Waals surface area contributed by atoms with Crippen LogP contribution in [0.2, 0.25) is 5.02 Å². The summed E-state index contributed by atoms with van der Waals surface area (Å²) in [7, 11) is 0. The number of hydrogen-bond donors (Lipinski definition) is 1. The van der Waals surface area contributed by atoms with Gasteiger partial charge in [-0.3, -0.25) is 4.79 Å². The lowest BCUT2D eigenvalue weighted by molar-refractivity contribution is -0.117. The lowest BCUT2D eigenvalue weighted by Gasteiger charge is -2.10. The Morgan fingerprint density at radius 1 is 1.18 bits per heavy atom. The highest BCUT2D eigenvalue weighted by Crippen LogP contribution is 2.32. The van der Waals surface area contributed by atoms with Gasteiger partial charge in [-0.05, 0) is 28.8 Å². The quantitative estimate of drug-likeness (QED) is 0.798. The van der Waals surface area contributed by atoms with Crippen molar-refractivity contribution in [2.75, 3.05) is 0 Å². The summed E-state index contributed by atoms with van der Waals surface area (Å²) in [6.45, 7) is 0. The van der Waals surface area contributed by atoms with Gasteiger partial charge in [0.15, 0.2) is 0 Å². The van der Waals surface area contributed by atoms with E-state index in [-0.39, 0.29) is 12.3 Å². The van der Waals surface area contributed by atoms with Crippen molar-refractivity contribution in [3.05, 3.63) is 65.5 Å². The molecular formula is C17H13ClN2O2. The van der Waals surface area contributed by atoms with E-state index < -0.39 is 0 Å². The monoisotopic (exact) mass is 312 g/mol. The molecule has 0 aliphatic heterocycles. The van der Waals surface area contributed by atoms with E-state index in [1.807, 2.05) is 42.5 Å². The van der Waals surface area contributed by atoms with E-state index in [2.05, 4.69) is 4.98 Å². The molecule has 3 rings (SSSR count). The molecule has 0 aliphatic rings. The molecule has 2 aromatic carbocycles. The molecule has 110 valence electrons. The molecule has 0 bridgehead atoms. The van der Waals surface area contributed by atoms with Crippen molar-refractivity contribution in [3.63, 3.8) is 0 Å². The zero-order valence-corrected chi connectivity index (χ0v) is 12.4. The molecule has 0 saturated carbocycles. The first-order chi connectivity index (χ1) is 10.6. The van der Waals surface area contributed by atoms with Gasteiger partial charge in [-0.1, -0.05) is 41.9 Å². The second-order valence-corrected chi connectivity index (χ2v) is 5.24. The van der Waals surface area contributed by atoms with E-state index in [1.165, 1.54) is 6.26 Å². The first-order valence-corrected chi connectivity index (χ1v) is 7.09. The summed E-state index contributed by atoms with van der Waals surface area (Å²) in [5.74, 6) is 0.108. The lowest BCUT2D eigenvalue weighted by Crippen LogP contribution is -2.14. The number of aromatic nitrogens is 1. The van der Waals surface area contributed by atoms with Crippen LogP contribution in [0.25, 0.3) is 22.6 Å². The number of amides is 1. The molecule has 4 nitrogen and oxygen atoms in total. The van der Waals surface area contributed by atoms with Crippen molar-refractivity contribution in [2.45, 2.75) is 6.42 Å². The molecule has 0 saturated heterocycles. The maximum absolute atomic E-state index is 11.2. The van der Waals surface area contributed by atoms with Crippen molar-refractivity contribution < 1.29 is 9.21 Å².